The maximum absolute atomic E-state index is 11.9. The van der Waals surface area contributed by atoms with Crippen LogP contribution in [0.3, 0.4) is 0 Å². The van der Waals surface area contributed by atoms with Gasteiger partial charge in [-0.25, -0.2) is 0 Å². The van der Waals surface area contributed by atoms with E-state index in [1.807, 2.05) is 41.5 Å². The van der Waals surface area contributed by atoms with Gasteiger partial charge in [0, 0.05) is 19.8 Å². The van der Waals surface area contributed by atoms with Gasteiger partial charge < -0.3 is 72.9 Å². The Bertz CT molecular complexity index is 1280. The molecule has 60 heavy (non-hydrogen) atoms. The third kappa shape index (κ3) is 13.7. The predicted molar refractivity (Wildman–Crippen MR) is 216 cm³/mol. The maximum atomic E-state index is 11.9. The number of hydrogen-bond acceptors (Lipinski definition) is 17. The lowest BCUT2D eigenvalue weighted by molar-refractivity contribution is -0.360. The van der Waals surface area contributed by atoms with Crippen LogP contribution in [0.5, 0.6) is 0 Å². The summed E-state index contributed by atoms with van der Waals surface area (Å²) in [7, 11) is 0. The summed E-state index contributed by atoms with van der Waals surface area (Å²) < 4.78 is 59.1. The van der Waals surface area contributed by atoms with Crippen molar-refractivity contribution in [2.45, 2.75) is 208 Å². The van der Waals surface area contributed by atoms with E-state index in [0.29, 0.717) is 18.4 Å². The lowest BCUT2D eigenvalue weighted by atomic mass is 9.87. The minimum atomic E-state index is -1.53. The summed E-state index contributed by atoms with van der Waals surface area (Å²) in [5, 5.41) is 50.3. The molecule has 0 saturated carbocycles. The van der Waals surface area contributed by atoms with Crippen LogP contribution < -0.4 is 0 Å². The standard InChI is InChI=1S/C25H44O8.C18H34O9/c1-12(2)20(13(3)4)32-24-22(15(6)14(5)11-28-24)33-25-23(31-19(10)27)21(30-18(9)26)16(7)17(8)29-25;1-7(2)15(8(3)4)26-18-16(12(21)10(19)6-24-18)27-17-14(23)13(22)11(20)9(5)25-17/h12-17,20-25H,11H2,1-10H3;7-23H,6H2,1-5H3/t14-,15-,16-,17-,21+,22+,23+,24?,25-;9-,10-,11-,12-,13+,14+,16+,17-,18?/m00/s1. The lowest BCUT2D eigenvalue weighted by Gasteiger charge is -2.47. The molecule has 17 nitrogen and oxygen atoms in total. The minimum Gasteiger partial charge on any atom is -0.458 e. The maximum Gasteiger partial charge on any atom is 0.303 e. The molecule has 5 N–H and O–H groups in total. The van der Waals surface area contributed by atoms with Crippen molar-refractivity contribution in [3.63, 3.8) is 0 Å². The molecule has 2 unspecified atom stereocenters. The third-order valence-corrected chi connectivity index (χ3v) is 12.0. The molecule has 0 aliphatic carbocycles. The van der Waals surface area contributed by atoms with Gasteiger partial charge in [-0.1, -0.05) is 76.2 Å². The van der Waals surface area contributed by atoms with Crippen LogP contribution >= 0.6 is 0 Å². The molecule has 4 saturated heterocycles. The zero-order valence-corrected chi connectivity index (χ0v) is 38.4. The first-order chi connectivity index (χ1) is 27.9. The second kappa shape index (κ2) is 23.4. The summed E-state index contributed by atoms with van der Waals surface area (Å²) in [6, 6.07) is 0. The van der Waals surface area contributed by atoms with Crippen LogP contribution in [0, 0.1) is 41.4 Å². The van der Waals surface area contributed by atoms with Crippen LogP contribution in [0.4, 0.5) is 0 Å². The second-order valence-electron chi connectivity index (χ2n) is 18.6. The summed E-state index contributed by atoms with van der Waals surface area (Å²) in [6.45, 7) is 29.2. The van der Waals surface area contributed by atoms with E-state index in [4.69, 9.17) is 47.4 Å². The van der Waals surface area contributed by atoms with Crippen LogP contribution in [-0.2, 0) is 57.0 Å². The molecule has 0 spiro atoms. The number of carbonyl (C=O) groups is 2. The Morgan fingerprint density at radius 1 is 0.500 bits per heavy atom. The normalized spacial score (nSPS) is 40.2. The highest BCUT2D eigenvalue weighted by atomic mass is 16.8. The molecule has 4 fully saturated rings. The van der Waals surface area contributed by atoms with Gasteiger partial charge in [0.2, 0.25) is 0 Å². The molecule has 0 aromatic rings. The smallest absolute Gasteiger partial charge is 0.303 e. The van der Waals surface area contributed by atoms with Crippen LogP contribution in [0.25, 0.3) is 0 Å². The van der Waals surface area contributed by atoms with E-state index >= 15 is 0 Å². The molecule has 352 valence electrons. The van der Waals surface area contributed by atoms with Gasteiger partial charge in [0.25, 0.3) is 0 Å². The lowest BCUT2D eigenvalue weighted by Crippen LogP contribution is -2.62. The van der Waals surface area contributed by atoms with Crippen molar-refractivity contribution in [2.24, 2.45) is 41.4 Å². The summed E-state index contributed by atoms with van der Waals surface area (Å²) in [5.74, 6) is 0.169. The van der Waals surface area contributed by atoms with Gasteiger partial charge in [0.15, 0.2) is 31.3 Å². The van der Waals surface area contributed by atoms with Crippen molar-refractivity contribution in [3.8, 4) is 0 Å². The average molecular weight is 867 g/mol. The van der Waals surface area contributed by atoms with Crippen LogP contribution in [0.2, 0.25) is 0 Å². The van der Waals surface area contributed by atoms with E-state index in [1.54, 1.807) is 0 Å². The molecule has 4 aliphatic heterocycles. The number of esters is 2. The Kier molecular flexibility index (Phi) is 20.6. The van der Waals surface area contributed by atoms with Crippen molar-refractivity contribution in [1.29, 1.82) is 0 Å². The highest BCUT2D eigenvalue weighted by molar-refractivity contribution is 5.67. The van der Waals surface area contributed by atoms with Gasteiger partial charge in [0.05, 0.1) is 37.6 Å². The fraction of sp³-hybridized carbons (Fsp3) is 0.953. The summed E-state index contributed by atoms with van der Waals surface area (Å²) in [6.07, 6.45) is -15.1. The number of carbonyl (C=O) groups excluding carboxylic acids is 2. The third-order valence-electron chi connectivity index (χ3n) is 12.0. The van der Waals surface area contributed by atoms with Crippen molar-refractivity contribution in [3.05, 3.63) is 0 Å². The van der Waals surface area contributed by atoms with Crippen molar-refractivity contribution >= 4 is 11.9 Å². The molecular weight excluding hydrogens is 788 g/mol. The Morgan fingerprint density at radius 2 is 0.950 bits per heavy atom. The number of aliphatic hydroxyl groups is 5. The van der Waals surface area contributed by atoms with Gasteiger partial charge in [-0.05, 0) is 49.4 Å². The summed E-state index contributed by atoms with van der Waals surface area (Å²) in [4.78, 5) is 23.7. The molecule has 0 aromatic heterocycles. The Hall–Kier alpha value is -1.58. The zero-order chi connectivity index (χ0) is 45.5. The fourth-order valence-electron chi connectivity index (χ4n) is 8.24. The van der Waals surface area contributed by atoms with Crippen LogP contribution in [-0.4, -0.2) is 155 Å². The number of aliphatic hydroxyl groups excluding tert-OH is 5. The van der Waals surface area contributed by atoms with E-state index in [-0.39, 0.29) is 54.5 Å². The first kappa shape index (κ1) is 52.8. The van der Waals surface area contributed by atoms with Gasteiger partial charge in [-0.2, -0.15) is 0 Å². The van der Waals surface area contributed by atoms with E-state index < -0.39 is 98.1 Å². The SMILES string of the molecule is CC(=O)O[C@@H]1[C@@H](C)[C@H](C)O[C@@H](O[C@H]2C(OC(C(C)C)C(C)C)OC[C@H](C)[C@@H]2C)[C@@H]1OC(C)=O.CC(C)C(OC1OC[C@H](O)[C@H](O)[C@H]1O[C@@H]1O[C@@H](C)[C@H](O)[C@@H](O)[C@H]1O)C(C)C. The van der Waals surface area contributed by atoms with E-state index in [1.165, 1.54) is 20.8 Å². The predicted octanol–water partition coefficient (Wildman–Crippen LogP) is 2.92. The van der Waals surface area contributed by atoms with E-state index in [2.05, 4.69) is 41.5 Å². The number of ether oxygens (including phenoxy) is 10. The molecule has 17 heteroatoms. The summed E-state index contributed by atoms with van der Waals surface area (Å²) in [5.41, 5.74) is 0. The van der Waals surface area contributed by atoms with E-state index in [0.717, 1.165) is 0 Å². The first-order valence-corrected chi connectivity index (χ1v) is 21.8. The van der Waals surface area contributed by atoms with Gasteiger partial charge in [0.1, 0.15) is 48.8 Å². The van der Waals surface area contributed by atoms with Crippen molar-refractivity contribution in [2.75, 3.05) is 13.2 Å². The van der Waals surface area contributed by atoms with Crippen LogP contribution in [0.15, 0.2) is 0 Å². The quantitative estimate of drug-likeness (QED) is 0.158. The molecule has 0 radical (unpaired) electrons. The Morgan fingerprint density at radius 3 is 1.45 bits per heavy atom. The largest absolute Gasteiger partial charge is 0.458 e. The highest BCUT2D eigenvalue weighted by Crippen LogP contribution is 2.37. The highest BCUT2D eigenvalue weighted by Gasteiger charge is 2.51. The second-order valence-corrected chi connectivity index (χ2v) is 18.6. The Labute approximate surface area is 356 Å². The molecule has 0 amide bonds. The molecule has 4 aliphatic rings. The van der Waals surface area contributed by atoms with Gasteiger partial charge in [-0.15, -0.1) is 0 Å². The average Bonchev–Trinajstić information content (AvgIpc) is 3.15. The number of rotatable bonds is 14. The molecule has 4 rings (SSSR count). The van der Waals surface area contributed by atoms with Gasteiger partial charge >= 0.3 is 11.9 Å². The minimum absolute atomic E-state index is 0.00835. The molecular formula is C43H78O17. The Balaban J connectivity index is 0.000000327. The van der Waals surface area contributed by atoms with Crippen molar-refractivity contribution < 1.29 is 82.5 Å². The van der Waals surface area contributed by atoms with Crippen LogP contribution in [0.1, 0.15) is 104 Å². The molecule has 18 atom stereocenters. The monoisotopic (exact) mass is 867 g/mol. The first-order valence-electron chi connectivity index (χ1n) is 21.8. The zero-order valence-electron chi connectivity index (χ0n) is 38.4. The van der Waals surface area contributed by atoms with E-state index in [9.17, 15) is 35.1 Å². The topological polar surface area (TPSA) is 228 Å². The molecule has 4 heterocycles. The number of hydrogen-bond donors (Lipinski definition) is 5. The fourth-order valence-corrected chi connectivity index (χ4v) is 8.24. The molecule has 0 aromatic carbocycles. The molecule has 0 bridgehead atoms. The van der Waals surface area contributed by atoms with Gasteiger partial charge in [-0.3, -0.25) is 9.59 Å². The summed E-state index contributed by atoms with van der Waals surface area (Å²) >= 11 is 0. The van der Waals surface area contributed by atoms with Crippen molar-refractivity contribution in [1.82, 2.24) is 0 Å².